The molecule has 2 heterocycles. The highest BCUT2D eigenvalue weighted by Crippen LogP contribution is 2.15. The number of likely N-dealkylation sites (tertiary alicyclic amines) is 1. The van der Waals surface area contributed by atoms with Crippen molar-refractivity contribution in [1.29, 1.82) is 0 Å². The summed E-state index contributed by atoms with van der Waals surface area (Å²) in [7, 11) is 0. The summed E-state index contributed by atoms with van der Waals surface area (Å²) in [6.07, 6.45) is 0. The molecule has 0 aromatic heterocycles. The fourth-order valence-electron chi connectivity index (χ4n) is 2.04. The molecule has 0 bridgehead atoms. The number of nitrogens with zero attached hydrogens (tertiary/aromatic N) is 2. The summed E-state index contributed by atoms with van der Waals surface area (Å²) in [4.78, 5) is 4.79. The molecule has 0 aromatic carbocycles. The summed E-state index contributed by atoms with van der Waals surface area (Å²) in [6, 6.07) is 0.718. The molecule has 2 rings (SSSR count). The van der Waals surface area contributed by atoms with Crippen LogP contribution in [0.25, 0.3) is 0 Å². The zero-order chi connectivity index (χ0) is 9.10. The van der Waals surface area contributed by atoms with Crippen molar-refractivity contribution in [1.82, 2.24) is 9.80 Å². The Labute approximate surface area is 79.1 Å². The Hall–Kier alpha value is -0.160. The van der Waals surface area contributed by atoms with E-state index in [1.54, 1.807) is 0 Å². The van der Waals surface area contributed by atoms with Gasteiger partial charge in [0.2, 0.25) is 0 Å². The Kier molecular flexibility index (Phi) is 3.16. The lowest BCUT2D eigenvalue weighted by Gasteiger charge is -2.46. The maximum absolute atomic E-state index is 8.72. The van der Waals surface area contributed by atoms with E-state index in [0.717, 1.165) is 52.0 Å². The summed E-state index contributed by atoms with van der Waals surface area (Å²) in [5.41, 5.74) is 0. The van der Waals surface area contributed by atoms with E-state index in [2.05, 4.69) is 9.80 Å². The van der Waals surface area contributed by atoms with Gasteiger partial charge in [0.25, 0.3) is 0 Å². The molecule has 0 radical (unpaired) electrons. The van der Waals surface area contributed by atoms with Gasteiger partial charge in [-0.25, -0.2) is 0 Å². The molecule has 2 aliphatic rings. The molecule has 0 spiro atoms. The van der Waals surface area contributed by atoms with Crippen molar-refractivity contribution in [3.05, 3.63) is 0 Å². The number of rotatable bonds is 3. The van der Waals surface area contributed by atoms with Crippen molar-refractivity contribution < 1.29 is 9.84 Å². The molecule has 0 saturated carbocycles. The maximum atomic E-state index is 8.72. The maximum Gasteiger partial charge on any atom is 0.0594 e. The van der Waals surface area contributed by atoms with E-state index in [1.807, 2.05) is 0 Å². The van der Waals surface area contributed by atoms with Gasteiger partial charge < -0.3 is 9.84 Å². The predicted molar refractivity (Wildman–Crippen MR) is 49.7 cm³/mol. The van der Waals surface area contributed by atoms with Gasteiger partial charge >= 0.3 is 0 Å². The van der Waals surface area contributed by atoms with Gasteiger partial charge in [0.1, 0.15) is 0 Å². The van der Waals surface area contributed by atoms with E-state index in [4.69, 9.17) is 9.84 Å². The van der Waals surface area contributed by atoms with Crippen LogP contribution in [0.15, 0.2) is 0 Å². The quantitative estimate of drug-likeness (QED) is 0.613. The predicted octanol–water partition coefficient (Wildman–Crippen LogP) is -1.00. The molecule has 0 atom stereocenters. The van der Waals surface area contributed by atoms with E-state index >= 15 is 0 Å². The third-order valence-electron chi connectivity index (χ3n) is 2.92. The lowest BCUT2D eigenvalue weighted by Crippen LogP contribution is -2.61. The van der Waals surface area contributed by atoms with Gasteiger partial charge in [-0.2, -0.15) is 0 Å². The average Bonchev–Trinajstić information content (AvgIpc) is 2.12. The van der Waals surface area contributed by atoms with Crippen LogP contribution in [0, 0.1) is 0 Å². The highest BCUT2D eigenvalue weighted by atomic mass is 16.5. The van der Waals surface area contributed by atoms with Crippen LogP contribution in [-0.2, 0) is 4.74 Å². The molecule has 0 unspecified atom stereocenters. The van der Waals surface area contributed by atoms with Crippen molar-refractivity contribution in [2.75, 3.05) is 52.5 Å². The van der Waals surface area contributed by atoms with Gasteiger partial charge in [-0.15, -0.1) is 0 Å². The topological polar surface area (TPSA) is 35.9 Å². The molecular weight excluding hydrogens is 168 g/mol. The lowest BCUT2D eigenvalue weighted by atomic mass is 10.1. The first-order chi connectivity index (χ1) is 6.40. The molecule has 4 heteroatoms. The molecule has 0 aromatic rings. The van der Waals surface area contributed by atoms with Crippen LogP contribution >= 0.6 is 0 Å². The molecular formula is C9H18N2O2. The number of ether oxygens (including phenoxy) is 1. The smallest absolute Gasteiger partial charge is 0.0594 e. The highest BCUT2D eigenvalue weighted by molar-refractivity contribution is 4.88. The van der Waals surface area contributed by atoms with Crippen LogP contribution < -0.4 is 0 Å². The van der Waals surface area contributed by atoms with Crippen LogP contribution in [-0.4, -0.2) is 73.5 Å². The van der Waals surface area contributed by atoms with Gasteiger partial charge in [0.15, 0.2) is 0 Å². The Morgan fingerprint density at radius 3 is 2.54 bits per heavy atom. The number of hydrogen-bond acceptors (Lipinski definition) is 4. The Morgan fingerprint density at radius 2 is 1.92 bits per heavy atom. The summed E-state index contributed by atoms with van der Waals surface area (Å²) >= 11 is 0. The van der Waals surface area contributed by atoms with Gasteiger partial charge in [0.05, 0.1) is 19.8 Å². The fraction of sp³-hybridized carbons (Fsp3) is 1.00. The van der Waals surface area contributed by atoms with E-state index < -0.39 is 0 Å². The molecule has 76 valence electrons. The van der Waals surface area contributed by atoms with Crippen LogP contribution in [0.5, 0.6) is 0 Å². The van der Waals surface area contributed by atoms with Crippen molar-refractivity contribution in [2.45, 2.75) is 6.04 Å². The molecule has 0 amide bonds. The number of morpholine rings is 1. The summed E-state index contributed by atoms with van der Waals surface area (Å²) < 4.78 is 5.30. The standard InChI is InChI=1S/C9H18N2O2/c12-4-1-10-7-9(8-10)11-2-5-13-6-3-11/h9,12H,1-8H2. The van der Waals surface area contributed by atoms with E-state index in [0.29, 0.717) is 0 Å². The molecule has 1 N–H and O–H groups in total. The zero-order valence-corrected chi connectivity index (χ0v) is 7.98. The zero-order valence-electron chi connectivity index (χ0n) is 7.98. The monoisotopic (exact) mass is 186 g/mol. The first-order valence-electron chi connectivity index (χ1n) is 5.05. The van der Waals surface area contributed by atoms with Crippen LogP contribution in [0.1, 0.15) is 0 Å². The summed E-state index contributed by atoms with van der Waals surface area (Å²) in [6.45, 7) is 7.31. The SMILES string of the molecule is OCCN1CC(N2CCOCC2)C1. The van der Waals surface area contributed by atoms with Gasteiger partial charge in [-0.3, -0.25) is 9.80 Å². The average molecular weight is 186 g/mol. The van der Waals surface area contributed by atoms with E-state index in [9.17, 15) is 0 Å². The number of aliphatic hydroxyl groups is 1. The first kappa shape index (κ1) is 9.40. The second-order valence-electron chi connectivity index (χ2n) is 3.79. The third-order valence-corrected chi connectivity index (χ3v) is 2.92. The van der Waals surface area contributed by atoms with Crippen LogP contribution in [0.3, 0.4) is 0 Å². The van der Waals surface area contributed by atoms with E-state index in [1.165, 1.54) is 0 Å². The van der Waals surface area contributed by atoms with Crippen molar-refractivity contribution in [3.8, 4) is 0 Å². The largest absolute Gasteiger partial charge is 0.395 e. The highest BCUT2D eigenvalue weighted by Gasteiger charge is 2.31. The third kappa shape index (κ3) is 2.20. The Balaban J connectivity index is 1.66. The molecule has 2 saturated heterocycles. The summed E-state index contributed by atoms with van der Waals surface area (Å²) in [5.74, 6) is 0. The van der Waals surface area contributed by atoms with Gasteiger partial charge in [0, 0.05) is 38.8 Å². The van der Waals surface area contributed by atoms with Gasteiger partial charge in [-0.1, -0.05) is 0 Å². The van der Waals surface area contributed by atoms with Crippen molar-refractivity contribution >= 4 is 0 Å². The van der Waals surface area contributed by atoms with Crippen molar-refractivity contribution in [3.63, 3.8) is 0 Å². The molecule has 2 aliphatic heterocycles. The minimum Gasteiger partial charge on any atom is -0.395 e. The minimum atomic E-state index is 0.288. The van der Waals surface area contributed by atoms with Crippen molar-refractivity contribution in [2.24, 2.45) is 0 Å². The lowest BCUT2D eigenvalue weighted by molar-refractivity contribution is -0.0351. The number of β-amino-alcohol motifs (C(OH)–C–C–N with tert-alkyl or cyclic N) is 1. The second kappa shape index (κ2) is 4.37. The van der Waals surface area contributed by atoms with Crippen LogP contribution in [0.2, 0.25) is 0 Å². The molecule has 2 fully saturated rings. The normalized spacial score (nSPS) is 27.5. The minimum absolute atomic E-state index is 0.288. The molecule has 0 aliphatic carbocycles. The summed E-state index contributed by atoms with van der Waals surface area (Å²) in [5, 5.41) is 8.72. The molecule has 4 nitrogen and oxygen atoms in total. The number of aliphatic hydroxyl groups excluding tert-OH is 1. The fourth-order valence-corrected chi connectivity index (χ4v) is 2.04. The first-order valence-corrected chi connectivity index (χ1v) is 5.05. The molecule has 13 heavy (non-hydrogen) atoms. The Morgan fingerprint density at radius 1 is 1.23 bits per heavy atom. The van der Waals surface area contributed by atoms with Gasteiger partial charge in [-0.05, 0) is 0 Å². The second-order valence-corrected chi connectivity index (χ2v) is 3.79. The Bertz CT molecular complexity index is 154. The number of hydrogen-bond donors (Lipinski definition) is 1. The van der Waals surface area contributed by atoms with Crippen LogP contribution in [0.4, 0.5) is 0 Å². The van der Waals surface area contributed by atoms with E-state index in [-0.39, 0.29) is 6.61 Å².